The standard InChI is InChI=1S/C15H24N2OS/c1-2-13(14-6-4-10-19-14)17-15(18)8-7-12-5-3-9-16-11-12/h4,6,10,12-13,16H,2-3,5,7-9,11H2,1H3,(H,17,18). The minimum Gasteiger partial charge on any atom is -0.348 e. The van der Waals surface area contributed by atoms with Crippen molar-refractivity contribution in [2.75, 3.05) is 13.1 Å². The lowest BCUT2D eigenvalue weighted by atomic mass is 9.94. The molecule has 2 N–H and O–H groups in total. The van der Waals surface area contributed by atoms with Crippen LogP contribution in [0.5, 0.6) is 0 Å². The fourth-order valence-electron chi connectivity index (χ4n) is 2.64. The van der Waals surface area contributed by atoms with Crippen LogP contribution in [0, 0.1) is 5.92 Å². The summed E-state index contributed by atoms with van der Waals surface area (Å²) in [5.41, 5.74) is 0. The maximum Gasteiger partial charge on any atom is 0.220 e. The quantitative estimate of drug-likeness (QED) is 0.840. The molecule has 2 unspecified atom stereocenters. The maximum absolute atomic E-state index is 12.0. The smallest absolute Gasteiger partial charge is 0.220 e. The fraction of sp³-hybridized carbons (Fsp3) is 0.667. The van der Waals surface area contributed by atoms with Crippen molar-refractivity contribution < 1.29 is 4.79 Å². The average Bonchev–Trinajstić information content (AvgIpc) is 2.97. The second-order valence-electron chi connectivity index (χ2n) is 5.29. The summed E-state index contributed by atoms with van der Waals surface area (Å²) in [5.74, 6) is 0.882. The second-order valence-corrected chi connectivity index (χ2v) is 6.27. The molecule has 19 heavy (non-hydrogen) atoms. The summed E-state index contributed by atoms with van der Waals surface area (Å²) in [4.78, 5) is 13.3. The van der Waals surface area contributed by atoms with Gasteiger partial charge < -0.3 is 10.6 Å². The van der Waals surface area contributed by atoms with Gasteiger partial charge in [0, 0.05) is 11.3 Å². The van der Waals surface area contributed by atoms with Crippen LogP contribution in [-0.2, 0) is 4.79 Å². The number of carbonyl (C=O) groups excluding carboxylic acids is 1. The molecule has 0 radical (unpaired) electrons. The first kappa shape index (κ1) is 14.5. The molecule has 0 spiro atoms. The van der Waals surface area contributed by atoms with Gasteiger partial charge in [0.15, 0.2) is 0 Å². The molecule has 1 aliphatic rings. The normalized spacial score (nSPS) is 21.0. The summed E-state index contributed by atoms with van der Waals surface area (Å²) in [6.07, 6.45) is 5.15. The molecule has 3 nitrogen and oxygen atoms in total. The van der Waals surface area contributed by atoms with Crippen molar-refractivity contribution >= 4 is 17.2 Å². The van der Waals surface area contributed by atoms with Crippen molar-refractivity contribution in [2.24, 2.45) is 5.92 Å². The number of rotatable bonds is 6. The molecule has 1 aromatic rings. The summed E-state index contributed by atoms with van der Waals surface area (Å²) in [5, 5.41) is 8.63. The summed E-state index contributed by atoms with van der Waals surface area (Å²) < 4.78 is 0. The number of hydrogen-bond acceptors (Lipinski definition) is 3. The van der Waals surface area contributed by atoms with Gasteiger partial charge in [0.25, 0.3) is 0 Å². The van der Waals surface area contributed by atoms with E-state index in [0.29, 0.717) is 12.3 Å². The first-order valence-corrected chi connectivity index (χ1v) is 8.21. The molecular weight excluding hydrogens is 256 g/mol. The highest BCUT2D eigenvalue weighted by atomic mass is 32.1. The van der Waals surface area contributed by atoms with Crippen LogP contribution in [0.1, 0.15) is 49.9 Å². The van der Waals surface area contributed by atoms with Gasteiger partial charge in [0.1, 0.15) is 0 Å². The van der Waals surface area contributed by atoms with E-state index in [-0.39, 0.29) is 11.9 Å². The van der Waals surface area contributed by atoms with Gasteiger partial charge in [-0.15, -0.1) is 11.3 Å². The van der Waals surface area contributed by atoms with Crippen LogP contribution in [-0.4, -0.2) is 19.0 Å². The zero-order chi connectivity index (χ0) is 13.5. The van der Waals surface area contributed by atoms with E-state index in [1.807, 2.05) is 6.07 Å². The number of thiophene rings is 1. The lowest BCUT2D eigenvalue weighted by Gasteiger charge is -2.23. The molecule has 1 fully saturated rings. The SMILES string of the molecule is CCC(NC(=O)CCC1CCCNC1)c1cccs1. The van der Waals surface area contributed by atoms with E-state index in [1.165, 1.54) is 17.7 Å². The fourth-order valence-corrected chi connectivity index (χ4v) is 3.50. The minimum absolute atomic E-state index is 0.192. The third-order valence-corrected chi connectivity index (χ3v) is 4.79. The molecule has 0 saturated carbocycles. The first-order valence-electron chi connectivity index (χ1n) is 7.33. The van der Waals surface area contributed by atoms with E-state index in [2.05, 4.69) is 29.0 Å². The molecule has 2 rings (SSSR count). The molecule has 1 amide bonds. The van der Waals surface area contributed by atoms with Gasteiger partial charge in [-0.05, 0) is 56.1 Å². The summed E-state index contributed by atoms with van der Waals surface area (Å²) in [6, 6.07) is 4.34. The van der Waals surface area contributed by atoms with E-state index in [4.69, 9.17) is 0 Å². The summed E-state index contributed by atoms with van der Waals surface area (Å²) >= 11 is 1.72. The molecule has 2 heterocycles. The Labute approximate surface area is 119 Å². The number of amides is 1. The molecule has 0 aromatic carbocycles. The Morgan fingerprint density at radius 3 is 3.16 bits per heavy atom. The highest BCUT2D eigenvalue weighted by Crippen LogP contribution is 2.22. The Morgan fingerprint density at radius 1 is 1.63 bits per heavy atom. The summed E-state index contributed by atoms with van der Waals surface area (Å²) in [6.45, 7) is 4.34. The van der Waals surface area contributed by atoms with Gasteiger partial charge in [0.05, 0.1) is 6.04 Å². The van der Waals surface area contributed by atoms with E-state index < -0.39 is 0 Å². The highest BCUT2D eigenvalue weighted by molar-refractivity contribution is 7.10. The number of piperidine rings is 1. The Hall–Kier alpha value is -0.870. The van der Waals surface area contributed by atoms with Crippen molar-refractivity contribution in [1.29, 1.82) is 0 Å². The molecule has 0 bridgehead atoms. The molecule has 106 valence electrons. The molecule has 1 saturated heterocycles. The molecule has 4 heteroatoms. The number of hydrogen-bond donors (Lipinski definition) is 2. The summed E-state index contributed by atoms with van der Waals surface area (Å²) in [7, 11) is 0. The molecule has 0 aliphatic carbocycles. The highest BCUT2D eigenvalue weighted by Gasteiger charge is 2.17. The third kappa shape index (κ3) is 4.62. The Balaban J connectivity index is 1.73. The van der Waals surface area contributed by atoms with Crippen LogP contribution in [0.15, 0.2) is 17.5 Å². The molecule has 1 aliphatic heterocycles. The van der Waals surface area contributed by atoms with Crippen molar-refractivity contribution in [2.45, 2.75) is 45.1 Å². The Bertz CT molecular complexity index is 372. The average molecular weight is 280 g/mol. The third-order valence-electron chi connectivity index (χ3n) is 3.81. The van der Waals surface area contributed by atoms with E-state index in [9.17, 15) is 4.79 Å². The van der Waals surface area contributed by atoms with Gasteiger partial charge >= 0.3 is 0 Å². The zero-order valence-corrected chi connectivity index (χ0v) is 12.5. The van der Waals surface area contributed by atoms with E-state index >= 15 is 0 Å². The van der Waals surface area contributed by atoms with Crippen LogP contribution in [0.25, 0.3) is 0 Å². The van der Waals surface area contributed by atoms with Crippen molar-refractivity contribution in [1.82, 2.24) is 10.6 Å². The minimum atomic E-state index is 0.192. The zero-order valence-electron chi connectivity index (χ0n) is 11.7. The van der Waals surface area contributed by atoms with Gasteiger partial charge in [-0.25, -0.2) is 0 Å². The number of nitrogens with one attached hydrogen (secondary N) is 2. The predicted molar refractivity (Wildman–Crippen MR) is 80.3 cm³/mol. The Kier molecular flexibility index (Phi) is 5.86. The van der Waals surface area contributed by atoms with E-state index in [0.717, 1.165) is 25.9 Å². The monoisotopic (exact) mass is 280 g/mol. The maximum atomic E-state index is 12.0. The lowest BCUT2D eigenvalue weighted by Crippen LogP contribution is -2.32. The van der Waals surface area contributed by atoms with Crippen molar-refractivity contribution in [3.8, 4) is 0 Å². The van der Waals surface area contributed by atoms with Gasteiger partial charge in [-0.2, -0.15) is 0 Å². The van der Waals surface area contributed by atoms with Crippen molar-refractivity contribution in [3.05, 3.63) is 22.4 Å². The van der Waals surface area contributed by atoms with E-state index in [1.54, 1.807) is 11.3 Å². The Morgan fingerprint density at radius 2 is 2.53 bits per heavy atom. The van der Waals surface area contributed by atoms with Crippen LogP contribution in [0.2, 0.25) is 0 Å². The second kappa shape index (κ2) is 7.65. The topological polar surface area (TPSA) is 41.1 Å². The largest absolute Gasteiger partial charge is 0.348 e. The van der Waals surface area contributed by atoms with Gasteiger partial charge in [0.2, 0.25) is 5.91 Å². The van der Waals surface area contributed by atoms with Crippen LogP contribution < -0.4 is 10.6 Å². The van der Waals surface area contributed by atoms with Crippen LogP contribution in [0.4, 0.5) is 0 Å². The van der Waals surface area contributed by atoms with Crippen molar-refractivity contribution in [3.63, 3.8) is 0 Å². The first-order chi connectivity index (χ1) is 9.29. The molecule has 2 atom stereocenters. The molecule has 1 aromatic heterocycles. The lowest BCUT2D eigenvalue weighted by molar-refractivity contribution is -0.122. The number of carbonyl (C=O) groups is 1. The molecular formula is C15H24N2OS. The van der Waals surface area contributed by atoms with Gasteiger partial charge in [-0.3, -0.25) is 4.79 Å². The van der Waals surface area contributed by atoms with Gasteiger partial charge in [-0.1, -0.05) is 13.0 Å². The van der Waals surface area contributed by atoms with Crippen LogP contribution in [0.3, 0.4) is 0 Å². The predicted octanol–water partition coefficient (Wildman–Crippen LogP) is 3.10. The van der Waals surface area contributed by atoms with Crippen LogP contribution >= 0.6 is 11.3 Å².